The fourth-order valence-corrected chi connectivity index (χ4v) is 5.40. The van der Waals surface area contributed by atoms with E-state index < -0.39 is 16.1 Å². The van der Waals surface area contributed by atoms with E-state index in [9.17, 15) is 12.8 Å². The molecule has 0 aliphatic carbocycles. The van der Waals surface area contributed by atoms with Crippen molar-refractivity contribution in [3.05, 3.63) is 115 Å². The zero-order valence-electron chi connectivity index (χ0n) is 19.2. The molecule has 0 radical (unpaired) electrons. The molecule has 0 aliphatic rings. The minimum Gasteiger partial charge on any atom is -0.381 e. The number of rotatable bonds is 5. The molecule has 6 rings (SSSR count). The van der Waals surface area contributed by atoms with Crippen molar-refractivity contribution in [3.8, 4) is 28.0 Å². The number of alkyl halides is 1. The van der Waals surface area contributed by atoms with Crippen LogP contribution in [0.15, 0.2) is 115 Å². The van der Waals surface area contributed by atoms with Crippen LogP contribution in [0.2, 0.25) is 0 Å². The first kappa shape index (κ1) is 22.3. The number of fused-ring (bicyclic) bond motifs is 3. The van der Waals surface area contributed by atoms with Crippen LogP contribution in [0.3, 0.4) is 0 Å². The van der Waals surface area contributed by atoms with Crippen LogP contribution in [0.25, 0.3) is 54.6 Å². The van der Waals surface area contributed by atoms with Gasteiger partial charge in [-0.25, -0.2) is 4.39 Å². The van der Waals surface area contributed by atoms with Crippen LogP contribution >= 0.6 is 0 Å². The van der Waals surface area contributed by atoms with Gasteiger partial charge in [0.25, 0.3) is 0 Å². The summed E-state index contributed by atoms with van der Waals surface area (Å²) in [4.78, 5) is 0. The summed E-state index contributed by atoms with van der Waals surface area (Å²) in [6.07, 6.45) is 0. The molecule has 6 aromatic carbocycles. The van der Waals surface area contributed by atoms with E-state index >= 15 is 0 Å². The highest BCUT2D eigenvalue weighted by atomic mass is 32.2. The van der Waals surface area contributed by atoms with Crippen LogP contribution in [-0.4, -0.2) is 14.4 Å². The Balaban J connectivity index is 1.64. The third kappa shape index (κ3) is 3.88. The summed E-state index contributed by atoms with van der Waals surface area (Å²) in [7, 11) is -4.26. The molecular formula is C31H21FO3S. The van der Waals surface area contributed by atoms with Crippen LogP contribution in [0.4, 0.5) is 4.39 Å². The smallest absolute Gasteiger partial charge is 0.339 e. The maximum atomic E-state index is 12.8. The van der Waals surface area contributed by atoms with E-state index in [4.69, 9.17) is 4.18 Å². The SMILES string of the molecule is O=S(=O)(CF)Oc1ccc2ccc(-c3c4ccccc4c(-c4ccccc4)c4ccccc34)cc2c1. The lowest BCUT2D eigenvalue weighted by molar-refractivity contribution is 0.451. The molecule has 0 unspecified atom stereocenters. The van der Waals surface area contributed by atoms with E-state index in [1.54, 1.807) is 12.1 Å². The van der Waals surface area contributed by atoms with Gasteiger partial charge < -0.3 is 4.18 Å². The molecule has 0 N–H and O–H groups in total. The second kappa shape index (κ2) is 8.77. The highest BCUT2D eigenvalue weighted by Gasteiger charge is 2.17. The van der Waals surface area contributed by atoms with E-state index in [2.05, 4.69) is 66.7 Å². The molecule has 0 aromatic heterocycles. The minimum absolute atomic E-state index is 0.0893. The molecular weight excluding hydrogens is 471 g/mol. The van der Waals surface area contributed by atoms with Gasteiger partial charge in [-0.1, -0.05) is 97.1 Å². The molecule has 5 heteroatoms. The normalized spacial score (nSPS) is 11.8. The zero-order valence-corrected chi connectivity index (χ0v) is 20.0. The second-order valence-electron chi connectivity index (χ2n) is 8.68. The van der Waals surface area contributed by atoms with Crippen LogP contribution in [0.1, 0.15) is 0 Å². The van der Waals surface area contributed by atoms with Gasteiger partial charge >= 0.3 is 10.1 Å². The molecule has 0 fully saturated rings. The van der Waals surface area contributed by atoms with Gasteiger partial charge in [-0.15, -0.1) is 0 Å². The Kier molecular flexibility index (Phi) is 5.42. The van der Waals surface area contributed by atoms with Crippen LogP contribution in [0, 0.1) is 0 Å². The quantitative estimate of drug-likeness (QED) is 0.180. The summed E-state index contributed by atoms with van der Waals surface area (Å²) in [5.41, 5.74) is 4.45. The van der Waals surface area contributed by atoms with Crippen LogP contribution in [-0.2, 0) is 10.1 Å². The van der Waals surface area contributed by atoms with Crippen molar-refractivity contribution in [2.75, 3.05) is 6.01 Å². The van der Waals surface area contributed by atoms with E-state index in [0.717, 1.165) is 49.0 Å². The third-order valence-corrected chi connectivity index (χ3v) is 7.16. The molecule has 36 heavy (non-hydrogen) atoms. The maximum absolute atomic E-state index is 12.8. The van der Waals surface area contributed by atoms with Crippen molar-refractivity contribution >= 4 is 42.4 Å². The molecule has 3 nitrogen and oxygen atoms in total. The Morgan fingerprint density at radius 1 is 0.556 bits per heavy atom. The molecule has 0 saturated carbocycles. The third-order valence-electron chi connectivity index (χ3n) is 6.45. The van der Waals surface area contributed by atoms with Crippen molar-refractivity contribution < 1.29 is 17.0 Å². The predicted molar refractivity (Wildman–Crippen MR) is 145 cm³/mol. The van der Waals surface area contributed by atoms with Crippen molar-refractivity contribution in [2.24, 2.45) is 0 Å². The summed E-state index contributed by atoms with van der Waals surface area (Å²) in [6.45, 7) is 0. The molecule has 0 saturated heterocycles. The second-order valence-corrected chi connectivity index (χ2v) is 10.2. The lowest BCUT2D eigenvalue weighted by atomic mass is 9.85. The zero-order chi connectivity index (χ0) is 24.7. The summed E-state index contributed by atoms with van der Waals surface area (Å²) in [5.74, 6) is 0.0893. The largest absolute Gasteiger partial charge is 0.381 e. The fraction of sp³-hybridized carbons (Fsp3) is 0.0323. The van der Waals surface area contributed by atoms with Gasteiger partial charge in [0, 0.05) is 0 Å². The lowest BCUT2D eigenvalue weighted by Crippen LogP contribution is -2.10. The molecule has 0 spiro atoms. The van der Waals surface area contributed by atoms with Gasteiger partial charge in [0.1, 0.15) is 5.75 Å². The summed E-state index contributed by atoms with van der Waals surface area (Å²) < 4.78 is 41.0. The highest BCUT2D eigenvalue weighted by Crippen LogP contribution is 2.44. The van der Waals surface area contributed by atoms with Crippen LogP contribution in [0.5, 0.6) is 5.75 Å². The standard InChI is InChI=1S/C31H21FO3S/c32-20-36(33,34)35-25-17-16-21-14-15-23(18-24(21)19-25)31-28-12-6-4-10-26(28)30(22-8-2-1-3-9-22)27-11-5-7-13-29(27)31/h1-19H,20H2. The van der Waals surface area contributed by atoms with Crippen molar-refractivity contribution in [2.45, 2.75) is 0 Å². The first-order chi connectivity index (χ1) is 17.5. The molecule has 176 valence electrons. The highest BCUT2D eigenvalue weighted by molar-refractivity contribution is 7.86. The molecule has 0 atom stereocenters. The van der Waals surface area contributed by atoms with E-state index in [1.807, 2.05) is 30.3 Å². The summed E-state index contributed by atoms with van der Waals surface area (Å²) >= 11 is 0. The first-order valence-corrected chi connectivity index (χ1v) is 13.1. The minimum atomic E-state index is -4.26. The molecule has 0 amide bonds. The van der Waals surface area contributed by atoms with Gasteiger partial charge in [0.05, 0.1) is 0 Å². The van der Waals surface area contributed by atoms with Gasteiger partial charge in [-0.05, 0) is 72.8 Å². The van der Waals surface area contributed by atoms with Gasteiger partial charge in [-0.2, -0.15) is 8.42 Å². The summed E-state index contributed by atoms with van der Waals surface area (Å²) in [5, 5.41) is 6.30. The average Bonchev–Trinajstić information content (AvgIpc) is 2.91. The Hall–Kier alpha value is -4.22. The molecule has 0 heterocycles. The van der Waals surface area contributed by atoms with Crippen molar-refractivity contribution in [1.29, 1.82) is 0 Å². The fourth-order valence-electron chi connectivity index (χ4n) is 4.96. The number of hydrogen-bond acceptors (Lipinski definition) is 3. The van der Waals surface area contributed by atoms with Crippen molar-refractivity contribution in [1.82, 2.24) is 0 Å². The Morgan fingerprint density at radius 3 is 1.67 bits per heavy atom. The van der Waals surface area contributed by atoms with Gasteiger partial charge in [0.2, 0.25) is 6.01 Å². The maximum Gasteiger partial charge on any atom is 0.339 e. The van der Waals surface area contributed by atoms with E-state index in [-0.39, 0.29) is 5.75 Å². The number of halogens is 1. The Labute approximate surface area is 208 Å². The Bertz CT molecular complexity index is 1810. The number of benzene rings is 6. The van der Waals surface area contributed by atoms with Crippen LogP contribution < -0.4 is 4.18 Å². The van der Waals surface area contributed by atoms with E-state index in [0.29, 0.717) is 0 Å². The monoisotopic (exact) mass is 492 g/mol. The summed E-state index contributed by atoms with van der Waals surface area (Å²) in [6, 6.07) is 36.7. The van der Waals surface area contributed by atoms with Gasteiger partial charge in [0.15, 0.2) is 0 Å². The predicted octanol–water partition coefficient (Wildman–Crippen LogP) is 8.12. The average molecular weight is 493 g/mol. The van der Waals surface area contributed by atoms with Crippen molar-refractivity contribution in [3.63, 3.8) is 0 Å². The Morgan fingerprint density at radius 2 is 1.08 bits per heavy atom. The molecule has 0 bridgehead atoms. The van der Waals surface area contributed by atoms with Gasteiger partial charge in [-0.3, -0.25) is 0 Å². The molecule has 6 aromatic rings. The topological polar surface area (TPSA) is 43.4 Å². The first-order valence-electron chi connectivity index (χ1n) is 11.6. The lowest BCUT2D eigenvalue weighted by Gasteiger charge is -2.18. The van der Waals surface area contributed by atoms with E-state index in [1.165, 1.54) is 11.6 Å². The molecule has 0 aliphatic heterocycles. The number of hydrogen-bond donors (Lipinski definition) is 0.